The van der Waals surface area contributed by atoms with Crippen LogP contribution < -0.4 is 5.32 Å². The predicted octanol–water partition coefficient (Wildman–Crippen LogP) is 5.06. The van der Waals surface area contributed by atoms with E-state index in [1.54, 1.807) is 6.07 Å². The molecule has 0 saturated carbocycles. The maximum Gasteiger partial charge on any atom is 0.325 e. The number of fused-ring (bicyclic) bond motifs is 1. The topological polar surface area (TPSA) is 83.9 Å². The van der Waals surface area contributed by atoms with Gasteiger partial charge in [0.1, 0.15) is 17.7 Å². The van der Waals surface area contributed by atoms with Crippen LogP contribution >= 0.6 is 0 Å². The molecule has 0 bridgehead atoms. The monoisotopic (exact) mass is 511 g/mol. The van der Waals surface area contributed by atoms with E-state index in [-0.39, 0.29) is 12.2 Å². The van der Waals surface area contributed by atoms with E-state index in [1.165, 1.54) is 24.1 Å². The average molecular weight is 512 g/mol. The van der Waals surface area contributed by atoms with E-state index in [0.29, 0.717) is 31.9 Å². The van der Waals surface area contributed by atoms with E-state index in [2.05, 4.69) is 17.4 Å². The number of anilines is 1. The van der Waals surface area contributed by atoms with Gasteiger partial charge in [0.2, 0.25) is 0 Å². The lowest BCUT2D eigenvalue weighted by Gasteiger charge is -2.28. The fourth-order valence-corrected chi connectivity index (χ4v) is 5.85. The zero-order chi connectivity index (χ0) is 25.6. The molecule has 0 aliphatic carbocycles. The maximum atomic E-state index is 14.2. The van der Waals surface area contributed by atoms with Crippen molar-refractivity contribution in [3.8, 4) is 0 Å². The molecule has 0 amide bonds. The number of likely N-dealkylation sites (tertiary alicyclic amines) is 1. The summed E-state index contributed by atoms with van der Waals surface area (Å²) in [6.07, 6.45) is 8.71. The molecule has 200 valence electrons. The number of halogens is 1. The Labute approximate surface area is 218 Å². The molecule has 2 saturated heterocycles. The second-order valence-electron chi connectivity index (χ2n) is 10.4. The number of rotatable bonds is 11. The highest BCUT2D eigenvalue weighted by molar-refractivity contribution is 5.76. The van der Waals surface area contributed by atoms with Gasteiger partial charge < -0.3 is 19.9 Å². The number of carboxylic acid groups (broad SMARTS) is 1. The summed E-state index contributed by atoms with van der Waals surface area (Å²) in [4.78, 5) is 19.0. The number of unbranched alkanes of at least 4 members (excludes halogenated alkanes) is 2. The standard InChI is InChI=1S/C29H38FN3O4/c30-21-10-12-24(26-8-5-17-37-26)25(18-21)27(29(34)35)33-15-13-23(19-33)36-16-3-1-2-7-22-11-9-20-6-4-14-31-28(20)32-22/h9-12,18,23,26-27H,1-8,13-17,19H2,(H,31,32)(H,34,35)/t23-,26+,27+/m1/s1. The van der Waals surface area contributed by atoms with Crippen LogP contribution in [0.1, 0.15) is 79.5 Å². The van der Waals surface area contributed by atoms with Crippen LogP contribution in [0, 0.1) is 5.82 Å². The first-order valence-corrected chi connectivity index (χ1v) is 13.8. The normalized spacial score (nSPS) is 22.5. The molecule has 0 radical (unpaired) electrons. The molecule has 2 fully saturated rings. The summed E-state index contributed by atoms with van der Waals surface area (Å²) in [5.41, 5.74) is 3.76. The summed E-state index contributed by atoms with van der Waals surface area (Å²) in [7, 11) is 0. The van der Waals surface area contributed by atoms with Gasteiger partial charge in [-0.1, -0.05) is 18.6 Å². The molecule has 1 aromatic heterocycles. The Kier molecular flexibility index (Phi) is 8.69. The zero-order valence-electron chi connectivity index (χ0n) is 21.5. The third-order valence-electron chi connectivity index (χ3n) is 7.78. The molecule has 2 aromatic rings. The number of hydrogen-bond donors (Lipinski definition) is 2. The van der Waals surface area contributed by atoms with Gasteiger partial charge in [0.15, 0.2) is 0 Å². The summed E-state index contributed by atoms with van der Waals surface area (Å²) in [5.74, 6) is -0.327. The molecule has 3 atom stereocenters. The Morgan fingerprint density at radius 2 is 2.14 bits per heavy atom. The third-order valence-corrected chi connectivity index (χ3v) is 7.78. The minimum absolute atomic E-state index is 0.00465. The highest BCUT2D eigenvalue weighted by Crippen LogP contribution is 2.37. The van der Waals surface area contributed by atoms with Crippen molar-refractivity contribution in [2.45, 2.75) is 76.0 Å². The van der Waals surface area contributed by atoms with Crippen LogP contribution in [0.3, 0.4) is 0 Å². The number of aliphatic carboxylic acids is 1. The van der Waals surface area contributed by atoms with Crippen LogP contribution in [0.4, 0.5) is 10.2 Å². The van der Waals surface area contributed by atoms with E-state index in [4.69, 9.17) is 14.5 Å². The highest BCUT2D eigenvalue weighted by atomic mass is 19.1. The number of aromatic nitrogens is 1. The van der Waals surface area contributed by atoms with E-state index < -0.39 is 17.8 Å². The van der Waals surface area contributed by atoms with Crippen LogP contribution in [0.25, 0.3) is 0 Å². The smallest absolute Gasteiger partial charge is 0.325 e. The van der Waals surface area contributed by atoms with E-state index in [1.807, 2.05) is 4.90 Å². The largest absolute Gasteiger partial charge is 0.480 e. The van der Waals surface area contributed by atoms with Crippen molar-refractivity contribution >= 4 is 11.8 Å². The summed E-state index contributed by atoms with van der Waals surface area (Å²) in [6, 6.07) is 7.91. The number of nitrogens with zero attached hydrogens (tertiary/aromatic N) is 2. The molecule has 7 nitrogen and oxygen atoms in total. The van der Waals surface area contributed by atoms with Gasteiger partial charge in [-0.15, -0.1) is 0 Å². The number of carbonyl (C=O) groups is 1. The van der Waals surface area contributed by atoms with Crippen molar-refractivity contribution in [2.24, 2.45) is 0 Å². The molecule has 0 unspecified atom stereocenters. The van der Waals surface area contributed by atoms with E-state index in [9.17, 15) is 14.3 Å². The van der Waals surface area contributed by atoms with Crippen LogP contribution in [0.5, 0.6) is 0 Å². The molecule has 1 aromatic carbocycles. The number of pyridine rings is 1. The van der Waals surface area contributed by atoms with E-state index >= 15 is 0 Å². The second-order valence-corrected chi connectivity index (χ2v) is 10.4. The molecular formula is C29H38FN3O4. The summed E-state index contributed by atoms with van der Waals surface area (Å²) >= 11 is 0. The number of benzene rings is 1. The third kappa shape index (κ3) is 6.48. The first kappa shape index (κ1) is 26.1. The molecule has 3 aliphatic heterocycles. The van der Waals surface area contributed by atoms with Gasteiger partial charge in [0, 0.05) is 38.5 Å². The minimum Gasteiger partial charge on any atom is -0.480 e. The van der Waals surface area contributed by atoms with Crippen molar-refractivity contribution in [3.05, 3.63) is 58.5 Å². The number of nitrogens with one attached hydrogen (secondary N) is 1. The van der Waals surface area contributed by atoms with Crippen molar-refractivity contribution in [2.75, 3.05) is 38.2 Å². The first-order valence-electron chi connectivity index (χ1n) is 13.8. The van der Waals surface area contributed by atoms with Gasteiger partial charge in [-0.3, -0.25) is 9.69 Å². The van der Waals surface area contributed by atoms with Crippen LogP contribution in [0.15, 0.2) is 30.3 Å². The number of carboxylic acids is 1. The molecule has 5 rings (SSSR count). The lowest BCUT2D eigenvalue weighted by molar-refractivity contribution is -0.143. The van der Waals surface area contributed by atoms with Gasteiger partial charge in [-0.25, -0.2) is 9.37 Å². The number of aryl methyl sites for hydroxylation is 2. The molecule has 3 aliphatic rings. The van der Waals surface area contributed by atoms with Gasteiger partial charge in [-0.2, -0.15) is 0 Å². The minimum atomic E-state index is -0.962. The molecular weight excluding hydrogens is 473 g/mol. The van der Waals surface area contributed by atoms with E-state index in [0.717, 1.165) is 75.0 Å². The number of ether oxygens (including phenoxy) is 2. The fraction of sp³-hybridized carbons (Fsp3) is 0.586. The van der Waals surface area contributed by atoms with Crippen molar-refractivity contribution in [1.29, 1.82) is 0 Å². The first-order chi connectivity index (χ1) is 18.1. The van der Waals surface area contributed by atoms with Crippen molar-refractivity contribution in [3.63, 3.8) is 0 Å². The van der Waals surface area contributed by atoms with Crippen LogP contribution in [-0.2, 0) is 27.1 Å². The number of hydrogen-bond acceptors (Lipinski definition) is 6. The van der Waals surface area contributed by atoms with Crippen molar-refractivity contribution < 1.29 is 23.8 Å². The Bertz CT molecular complexity index is 1080. The molecule has 0 spiro atoms. The van der Waals surface area contributed by atoms with Crippen LogP contribution in [-0.4, -0.2) is 59.9 Å². The van der Waals surface area contributed by atoms with Gasteiger partial charge >= 0.3 is 5.97 Å². The predicted molar refractivity (Wildman–Crippen MR) is 139 cm³/mol. The van der Waals surface area contributed by atoms with Gasteiger partial charge in [-0.05, 0) is 86.3 Å². The van der Waals surface area contributed by atoms with Gasteiger partial charge in [0.05, 0.1) is 12.2 Å². The maximum absolute atomic E-state index is 14.2. The summed E-state index contributed by atoms with van der Waals surface area (Å²) in [6.45, 7) is 3.47. The molecule has 8 heteroatoms. The Morgan fingerprint density at radius 1 is 1.22 bits per heavy atom. The lowest BCUT2D eigenvalue weighted by Crippen LogP contribution is -2.34. The molecule has 2 N–H and O–H groups in total. The summed E-state index contributed by atoms with van der Waals surface area (Å²) < 4.78 is 26.1. The quantitative estimate of drug-likeness (QED) is 0.408. The Balaban J connectivity index is 1.08. The van der Waals surface area contributed by atoms with Crippen LogP contribution in [0.2, 0.25) is 0 Å². The Hall–Kier alpha value is -2.55. The molecule has 4 heterocycles. The van der Waals surface area contributed by atoms with Crippen molar-refractivity contribution in [1.82, 2.24) is 9.88 Å². The Morgan fingerprint density at radius 3 is 2.97 bits per heavy atom. The van der Waals surface area contributed by atoms with Gasteiger partial charge in [0.25, 0.3) is 0 Å². The zero-order valence-corrected chi connectivity index (χ0v) is 21.5. The fourth-order valence-electron chi connectivity index (χ4n) is 5.85. The SMILES string of the molecule is O=C(O)[C@H](c1cc(F)ccc1[C@@H]1CCCO1)N1CC[C@@H](OCCCCCc2ccc3c(n2)NCCC3)C1. The second kappa shape index (κ2) is 12.3. The molecule has 37 heavy (non-hydrogen) atoms. The average Bonchev–Trinajstić information content (AvgIpc) is 3.59. The highest BCUT2D eigenvalue weighted by Gasteiger charge is 2.37. The summed E-state index contributed by atoms with van der Waals surface area (Å²) in [5, 5.41) is 13.5. The lowest BCUT2D eigenvalue weighted by atomic mass is 9.94.